The molecule has 24 heavy (non-hydrogen) atoms. The first-order valence-corrected chi connectivity index (χ1v) is 8.33. The average molecular weight is 332 g/mol. The minimum atomic E-state index is -0.610. The van der Waals surface area contributed by atoms with Gasteiger partial charge in [-0.25, -0.2) is 4.79 Å². The Labute approximate surface area is 142 Å². The Hall–Kier alpha value is -1.88. The second kappa shape index (κ2) is 5.88. The zero-order valence-electron chi connectivity index (χ0n) is 14.2. The summed E-state index contributed by atoms with van der Waals surface area (Å²) in [5.41, 5.74) is 1.92. The highest BCUT2D eigenvalue weighted by Gasteiger charge is 2.57. The molecule has 2 saturated carbocycles. The quantitative estimate of drug-likeness (QED) is 0.477. The van der Waals surface area contributed by atoms with Crippen molar-refractivity contribution in [3.8, 4) is 0 Å². The lowest BCUT2D eigenvalue weighted by Gasteiger charge is -2.29. The van der Waals surface area contributed by atoms with Gasteiger partial charge in [0, 0.05) is 23.8 Å². The monoisotopic (exact) mass is 332 g/mol. The van der Waals surface area contributed by atoms with Gasteiger partial charge in [-0.3, -0.25) is 4.79 Å². The molecule has 2 aliphatic carbocycles. The summed E-state index contributed by atoms with van der Waals surface area (Å²) < 4.78 is 11.3. The Kier molecular flexibility index (Phi) is 4.16. The SMILES string of the molecule is C=C(C)C(=O)O[C@H]1CC(=C)[C@@H]2C[C@H](O)C(=C)[C@@H]2[C@H]2OC(=O)[C@@H](C)[C@@H]21. The van der Waals surface area contributed by atoms with E-state index in [1.54, 1.807) is 13.8 Å². The van der Waals surface area contributed by atoms with Crippen LogP contribution in [-0.2, 0) is 19.1 Å². The molecule has 0 aromatic rings. The molecule has 3 fully saturated rings. The molecule has 1 N–H and O–H groups in total. The number of carbonyl (C=O) groups excluding carboxylic acids is 2. The highest BCUT2D eigenvalue weighted by Crippen LogP contribution is 2.52. The summed E-state index contributed by atoms with van der Waals surface area (Å²) in [4.78, 5) is 24.2. The van der Waals surface area contributed by atoms with Gasteiger partial charge < -0.3 is 14.6 Å². The van der Waals surface area contributed by atoms with E-state index in [4.69, 9.17) is 9.47 Å². The van der Waals surface area contributed by atoms with Gasteiger partial charge in [0.2, 0.25) is 0 Å². The van der Waals surface area contributed by atoms with E-state index in [-0.39, 0.29) is 29.6 Å². The summed E-state index contributed by atoms with van der Waals surface area (Å²) in [5, 5.41) is 10.2. The van der Waals surface area contributed by atoms with E-state index < -0.39 is 24.3 Å². The summed E-state index contributed by atoms with van der Waals surface area (Å²) >= 11 is 0. The van der Waals surface area contributed by atoms with Gasteiger partial charge in [0.1, 0.15) is 12.2 Å². The number of aliphatic hydroxyl groups excluding tert-OH is 1. The van der Waals surface area contributed by atoms with Gasteiger partial charge in [0.05, 0.1) is 12.0 Å². The Morgan fingerprint density at radius 2 is 2.04 bits per heavy atom. The third-order valence-electron chi connectivity index (χ3n) is 5.73. The summed E-state index contributed by atoms with van der Waals surface area (Å²) in [6, 6.07) is 0. The Morgan fingerprint density at radius 1 is 1.38 bits per heavy atom. The zero-order valence-corrected chi connectivity index (χ0v) is 14.2. The van der Waals surface area contributed by atoms with Gasteiger partial charge in [-0.05, 0) is 24.8 Å². The molecule has 1 heterocycles. The molecule has 1 saturated heterocycles. The maximum atomic E-state index is 12.2. The van der Waals surface area contributed by atoms with Gasteiger partial charge >= 0.3 is 11.9 Å². The van der Waals surface area contributed by atoms with Gasteiger partial charge in [-0.15, -0.1) is 0 Å². The van der Waals surface area contributed by atoms with E-state index in [1.165, 1.54) is 0 Å². The van der Waals surface area contributed by atoms with E-state index in [9.17, 15) is 14.7 Å². The first kappa shape index (κ1) is 17.0. The van der Waals surface area contributed by atoms with Crippen molar-refractivity contribution in [1.29, 1.82) is 0 Å². The molecule has 0 unspecified atom stereocenters. The van der Waals surface area contributed by atoms with Gasteiger partial charge in [-0.2, -0.15) is 0 Å². The van der Waals surface area contributed by atoms with Crippen LogP contribution in [0.4, 0.5) is 0 Å². The van der Waals surface area contributed by atoms with E-state index in [1.807, 2.05) is 0 Å². The maximum absolute atomic E-state index is 12.2. The molecule has 0 aromatic heterocycles. The van der Waals surface area contributed by atoms with Crippen LogP contribution in [0.5, 0.6) is 0 Å². The Balaban J connectivity index is 1.98. The van der Waals surface area contributed by atoms with Crippen molar-refractivity contribution in [3.63, 3.8) is 0 Å². The maximum Gasteiger partial charge on any atom is 0.333 e. The molecule has 5 heteroatoms. The fraction of sp³-hybridized carbons (Fsp3) is 0.579. The topological polar surface area (TPSA) is 72.8 Å². The van der Waals surface area contributed by atoms with Crippen LogP contribution in [0, 0.1) is 23.7 Å². The standard InChI is InChI=1S/C19H24O5/c1-8(2)18(21)23-14-6-9(3)12-7-13(20)10(4)15(12)17-16(14)11(5)19(22)24-17/h11-17,20H,1,3-4,6-7H2,2,5H3/t11-,12-,13-,14-,15-,16+,17+/m0/s1. The third-order valence-corrected chi connectivity index (χ3v) is 5.73. The van der Waals surface area contributed by atoms with Crippen LogP contribution >= 0.6 is 0 Å². The Bertz CT molecular complexity index is 634. The van der Waals surface area contributed by atoms with Crippen molar-refractivity contribution in [3.05, 3.63) is 36.5 Å². The van der Waals surface area contributed by atoms with E-state index >= 15 is 0 Å². The largest absolute Gasteiger partial charge is 0.461 e. The number of esters is 2. The number of hydrogen-bond acceptors (Lipinski definition) is 5. The number of ether oxygens (including phenoxy) is 2. The van der Waals surface area contributed by atoms with Crippen LogP contribution in [0.1, 0.15) is 26.7 Å². The number of rotatable bonds is 2. The van der Waals surface area contributed by atoms with Crippen LogP contribution in [0.25, 0.3) is 0 Å². The first-order chi connectivity index (χ1) is 11.2. The molecule has 0 amide bonds. The average Bonchev–Trinajstić information content (AvgIpc) is 2.92. The molecule has 7 atom stereocenters. The molecule has 0 bridgehead atoms. The molecule has 5 nitrogen and oxygen atoms in total. The van der Waals surface area contributed by atoms with Gasteiger partial charge in [0.25, 0.3) is 0 Å². The minimum absolute atomic E-state index is 0.00775. The predicted molar refractivity (Wildman–Crippen MR) is 87.7 cm³/mol. The van der Waals surface area contributed by atoms with Crippen LogP contribution in [-0.4, -0.2) is 35.4 Å². The van der Waals surface area contributed by atoms with Crippen molar-refractivity contribution in [2.75, 3.05) is 0 Å². The normalized spacial score (nSPS) is 41.3. The molecule has 1 aliphatic heterocycles. The van der Waals surface area contributed by atoms with E-state index in [0.717, 1.165) is 5.57 Å². The molecule has 3 aliphatic rings. The molecule has 0 aromatic carbocycles. The lowest BCUT2D eigenvalue weighted by Crippen LogP contribution is -2.38. The van der Waals surface area contributed by atoms with Crippen LogP contribution in [0.15, 0.2) is 36.5 Å². The third kappa shape index (κ3) is 2.51. The summed E-state index contributed by atoms with van der Waals surface area (Å²) in [5.74, 6) is -1.58. The molecular weight excluding hydrogens is 308 g/mol. The lowest BCUT2D eigenvalue weighted by molar-refractivity contribution is -0.148. The van der Waals surface area contributed by atoms with Crippen LogP contribution in [0.3, 0.4) is 0 Å². The fourth-order valence-electron chi connectivity index (χ4n) is 4.39. The van der Waals surface area contributed by atoms with Crippen molar-refractivity contribution in [2.45, 2.75) is 45.0 Å². The van der Waals surface area contributed by atoms with Crippen LogP contribution in [0.2, 0.25) is 0 Å². The van der Waals surface area contributed by atoms with Crippen LogP contribution < -0.4 is 0 Å². The summed E-state index contributed by atoms with van der Waals surface area (Å²) in [6.07, 6.45) is -0.546. The van der Waals surface area contributed by atoms with Gasteiger partial charge in [-0.1, -0.05) is 32.2 Å². The van der Waals surface area contributed by atoms with Gasteiger partial charge in [0.15, 0.2) is 0 Å². The van der Waals surface area contributed by atoms with Crippen molar-refractivity contribution in [1.82, 2.24) is 0 Å². The molecular formula is C19H24O5. The molecule has 0 radical (unpaired) electrons. The number of aliphatic hydroxyl groups is 1. The second-order valence-corrected chi connectivity index (χ2v) is 7.31. The summed E-state index contributed by atoms with van der Waals surface area (Å²) in [7, 11) is 0. The second-order valence-electron chi connectivity index (χ2n) is 7.31. The lowest BCUT2D eigenvalue weighted by atomic mass is 9.79. The number of hydrogen-bond donors (Lipinski definition) is 1. The molecule has 130 valence electrons. The minimum Gasteiger partial charge on any atom is -0.461 e. The number of carbonyl (C=O) groups is 2. The van der Waals surface area contributed by atoms with E-state index in [2.05, 4.69) is 19.7 Å². The molecule has 0 spiro atoms. The summed E-state index contributed by atoms with van der Waals surface area (Å²) in [6.45, 7) is 15.2. The molecule has 3 rings (SSSR count). The van der Waals surface area contributed by atoms with Crippen molar-refractivity contribution in [2.24, 2.45) is 23.7 Å². The fourth-order valence-corrected chi connectivity index (χ4v) is 4.39. The zero-order chi connectivity index (χ0) is 17.8. The predicted octanol–water partition coefficient (Wildman–Crippen LogP) is 2.17. The first-order valence-electron chi connectivity index (χ1n) is 8.33. The highest BCUT2D eigenvalue weighted by atomic mass is 16.6. The smallest absolute Gasteiger partial charge is 0.333 e. The van der Waals surface area contributed by atoms with Crippen molar-refractivity contribution >= 4 is 11.9 Å². The van der Waals surface area contributed by atoms with E-state index in [0.29, 0.717) is 24.0 Å². The van der Waals surface area contributed by atoms with Crippen molar-refractivity contribution < 1.29 is 24.2 Å². The number of fused-ring (bicyclic) bond motifs is 3. The highest BCUT2D eigenvalue weighted by molar-refractivity contribution is 5.87. The Morgan fingerprint density at radius 3 is 2.67 bits per heavy atom.